The quantitative estimate of drug-likeness (QED) is 0.632. The number of anilines is 1. The highest BCUT2D eigenvalue weighted by Gasteiger charge is 2.41. The van der Waals surface area contributed by atoms with Crippen molar-refractivity contribution in [3.8, 4) is 11.5 Å². The Bertz CT molecular complexity index is 1100. The molecule has 2 aliphatic rings. The number of ether oxygens (including phenoxy) is 2. The molecule has 0 unspecified atom stereocenters. The molecule has 30 heavy (non-hydrogen) atoms. The Morgan fingerprint density at radius 1 is 0.900 bits per heavy atom. The van der Waals surface area contributed by atoms with E-state index in [4.69, 9.17) is 9.47 Å². The van der Waals surface area contributed by atoms with E-state index in [1.807, 2.05) is 52.3 Å². The minimum Gasteiger partial charge on any atom is -0.493 e. The van der Waals surface area contributed by atoms with E-state index in [9.17, 15) is 4.79 Å². The van der Waals surface area contributed by atoms with Gasteiger partial charge >= 0.3 is 6.03 Å². The van der Waals surface area contributed by atoms with Gasteiger partial charge in [-0.05, 0) is 41.3 Å². The van der Waals surface area contributed by atoms with Crippen LogP contribution in [0, 0.1) is 0 Å². The number of amides is 2. The maximum atomic E-state index is 13.6. The Morgan fingerprint density at radius 3 is 2.37 bits per heavy atom. The third kappa shape index (κ3) is 2.89. The molecule has 2 aliphatic heterocycles. The van der Waals surface area contributed by atoms with Gasteiger partial charge in [0.2, 0.25) is 0 Å². The molecule has 0 saturated heterocycles. The molecular formula is C25H24N2O3. The topological polar surface area (TPSA) is 42.0 Å². The van der Waals surface area contributed by atoms with Gasteiger partial charge in [-0.2, -0.15) is 0 Å². The molecule has 3 aromatic rings. The summed E-state index contributed by atoms with van der Waals surface area (Å²) in [6.45, 7) is 1.23. The van der Waals surface area contributed by atoms with E-state index >= 15 is 0 Å². The lowest BCUT2D eigenvalue weighted by Gasteiger charge is -2.46. The molecule has 0 saturated carbocycles. The molecule has 0 N–H and O–H groups in total. The van der Waals surface area contributed by atoms with Crippen LogP contribution in [0.4, 0.5) is 10.5 Å². The van der Waals surface area contributed by atoms with Gasteiger partial charge in [0.25, 0.3) is 0 Å². The van der Waals surface area contributed by atoms with Crippen LogP contribution in [0.15, 0.2) is 66.7 Å². The van der Waals surface area contributed by atoms with E-state index < -0.39 is 0 Å². The van der Waals surface area contributed by atoms with Crippen LogP contribution in [0.5, 0.6) is 11.5 Å². The van der Waals surface area contributed by atoms with Crippen LogP contribution >= 0.6 is 0 Å². The fraction of sp³-hybridized carbons (Fsp3) is 0.240. The lowest BCUT2D eigenvalue weighted by atomic mass is 9.85. The second kappa shape index (κ2) is 7.41. The smallest absolute Gasteiger partial charge is 0.325 e. The molecule has 3 aromatic carbocycles. The van der Waals surface area contributed by atoms with Crippen molar-refractivity contribution in [3.05, 3.63) is 89.0 Å². The number of carbonyl (C=O) groups is 1. The van der Waals surface area contributed by atoms with Crippen molar-refractivity contribution in [3.63, 3.8) is 0 Å². The summed E-state index contributed by atoms with van der Waals surface area (Å²) in [5, 5.41) is 0. The van der Waals surface area contributed by atoms with E-state index in [0.29, 0.717) is 18.8 Å². The Morgan fingerprint density at radius 2 is 1.60 bits per heavy atom. The van der Waals surface area contributed by atoms with Gasteiger partial charge in [0.1, 0.15) is 0 Å². The van der Waals surface area contributed by atoms with Crippen molar-refractivity contribution >= 4 is 11.7 Å². The van der Waals surface area contributed by atoms with Crippen LogP contribution in [0.2, 0.25) is 0 Å². The summed E-state index contributed by atoms with van der Waals surface area (Å²) in [6, 6.07) is 22.4. The van der Waals surface area contributed by atoms with E-state index in [2.05, 4.69) is 24.3 Å². The Hall–Kier alpha value is -3.47. The Labute approximate surface area is 176 Å². The normalized spacial score (nSPS) is 17.1. The standard InChI is InChI=1S/C25H24N2O3/c1-29-22-14-18-12-13-26-24(20(18)15-23(22)30-2)19-10-6-7-11-21(19)27(25(26)28)16-17-8-4-3-5-9-17/h3-11,14-15,24H,12-13,16H2,1-2H3/t24-/m0/s1. The highest BCUT2D eigenvalue weighted by atomic mass is 16.5. The maximum absolute atomic E-state index is 13.6. The molecule has 2 heterocycles. The molecule has 0 spiro atoms. The van der Waals surface area contributed by atoms with Crippen LogP contribution in [0.3, 0.4) is 0 Å². The zero-order valence-electron chi connectivity index (χ0n) is 17.2. The van der Waals surface area contributed by atoms with E-state index in [-0.39, 0.29) is 12.1 Å². The second-order valence-corrected chi connectivity index (χ2v) is 7.67. The fourth-order valence-electron chi connectivity index (χ4n) is 4.63. The maximum Gasteiger partial charge on any atom is 0.325 e. The molecule has 5 rings (SSSR count). The number of para-hydroxylation sites is 1. The number of hydrogen-bond acceptors (Lipinski definition) is 3. The predicted molar refractivity (Wildman–Crippen MR) is 116 cm³/mol. The van der Waals surface area contributed by atoms with Gasteiger partial charge in [0, 0.05) is 12.1 Å². The van der Waals surface area contributed by atoms with E-state index in [1.165, 1.54) is 5.56 Å². The molecule has 0 bridgehead atoms. The molecule has 0 fully saturated rings. The van der Waals surface area contributed by atoms with Crippen molar-refractivity contribution in [2.24, 2.45) is 0 Å². The molecular weight excluding hydrogens is 376 g/mol. The first-order valence-electron chi connectivity index (χ1n) is 10.2. The minimum atomic E-state index is -0.121. The van der Waals surface area contributed by atoms with Crippen molar-refractivity contribution in [1.82, 2.24) is 4.90 Å². The lowest BCUT2D eigenvalue weighted by Crippen LogP contribution is -2.51. The SMILES string of the molecule is COc1cc2c(cc1OC)[C@@H]1c3ccccc3N(Cc3ccccc3)C(=O)N1CC2. The lowest BCUT2D eigenvalue weighted by molar-refractivity contribution is 0.181. The van der Waals surface area contributed by atoms with Gasteiger partial charge in [0.05, 0.1) is 32.5 Å². The first-order valence-corrected chi connectivity index (χ1v) is 10.2. The largest absolute Gasteiger partial charge is 0.493 e. The summed E-state index contributed by atoms with van der Waals surface area (Å²) < 4.78 is 11.1. The van der Waals surface area contributed by atoms with Gasteiger partial charge in [0.15, 0.2) is 11.5 Å². The summed E-state index contributed by atoms with van der Waals surface area (Å²) in [6.07, 6.45) is 0.791. The molecule has 0 aliphatic carbocycles. The van der Waals surface area contributed by atoms with Crippen LogP contribution in [0.1, 0.15) is 28.3 Å². The van der Waals surface area contributed by atoms with Gasteiger partial charge in [-0.15, -0.1) is 0 Å². The van der Waals surface area contributed by atoms with Crippen molar-refractivity contribution < 1.29 is 14.3 Å². The molecule has 5 nitrogen and oxygen atoms in total. The van der Waals surface area contributed by atoms with Crippen LogP contribution in [-0.2, 0) is 13.0 Å². The predicted octanol–water partition coefficient (Wildman–Crippen LogP) is 4.79. The number of urea groups is 1. The van der Waals surface area contributed by atoms with Crippen LogP contribution in [0.25, 0.3) is 0 Å². The zero-order valence-corrected chi connectivity index (χ0v) is 17.2. The third-order valence-corrected chi connectivity index (χ3v) is 6.06. The molecule has 1 atom stereocenters. The van der Waals surface area contributed by atoms with Gasteiger partial charge in [-0.3, -0.25) is 4.90 Å². The summed E-state index contributed by atoms with van der Waals surface area (Å²) in [7, 11) is 3.30. The molecule has 0 aromatic heterocycles. The third-order valence-electron chi connectivity index (χ3n) is 6.06. The number of hydrogen-bond donors (Lipinski definition) is 0. The summed E-state index contributed by atoms with van der Waals surface area (Å²) >= 11 is 0. The van der Waals surface area contributed by atoms with Crippen LogP contribution in [-0.4, -0.2) is 31.7 Å². The Balaban J connectivity index is 1.63. The van der Waals surface area contributed by atoms with E-state index in [1.54, 1.807) is 14.2 Å². The highest BCUT2D eigenvalue weighted by Crippen LogP contribution is 2.46. The first-order chi connectivity index (χ1) is 14.7. The summed E-state index contributed by atoms with van der Waals surface area (Å²) in [5.41, 5.74) is 5.53. The van der Waals surface area contributed by atoms with Gasteiger partial charge < -0.3 is 14.4 Å². The molecule has 0 radical (unpaired) electrons. The van der Waals surface area contributed by atoms with E-state index in [0.717, 1.165) is 34.5 Å². The minimum absolute atomic E-state index is 0.0444. The number of benzene rings is 3. The molecule has 2 amide bonds. The highest BCUT2D eigenvalue weighted by molar-refractivity contribution is 5.96. The second-order valence-electron chi connectivity index (χ2n) is 7.67. The average Bonchev–Trinajstić information content (AvgIpc) is 2.80. The van der Waals surface area contributed by atoms with Gasteiger partial charge in [-0.25, -0.2) is 4.79 Å². The number of fused-ring (bicyclic) bond motifs is 5. The first kappa shape index (κ1) is 18.6. The number of methoxy groups -OCH3 is 2. The Kier molecular flexibility index (Phi) is 4.58. The molecule has 5 heteroatoms. The number of nitrogens with zero attached hydrogens (tertiary/aromatic N) is 2. The molecule has 152 valence electrons. The monoisotopic (exact) mass is 400 g/mol. The van der Waals surface area contributed by atoms with Crippen molar-refractivity contribution in [2.75, 3.05) is 25.7 Å². The fourth-order valence-corrected chi connectivity index (χ4v) is 4.63. The van der Waals surface area contributed by atoms with Gasteiger partial charge in [-0.1, -0.05) is 48.5 Å². The van der Waals surface area contributed by atoms with Crippen molar-refractivity contribution in [2.45, 2.75) is 19.0 Å². The summed E-state index contributed by atoms with van der Waals surface area (Å²) in [4.78, 5) is 17.5. The summed E-state index contributed by atoms with van der Waals surface area (Å²) in [5.74, 6) is 1.42. The number of rotatable bonds is 4. The van der Waals surface area contributed by atoms with Crippen LogP contribution < -0.4 is 14.4 Å². The zero-order chi connectivity index (χ0) is 20.7. The van der Waals surface area contributed by atoms with Crippen molar-refractivity contribution in [1.29, 1.82) is 0 Å². The number of carbonyl (C=O) groups excluding carboxylic acids is 1. The average molecular weight is 400 g/mol.